The van der Waals surface area contributed by atoms with Crippen molar-refractivity contribution in [3.63, 3.8) is 0 Å². The third-order valence-electron chi connectivity index (χ3n) is 8.32. The normalized spacial score (nSPS) is 12.0. The molecular weight excluding hydrogens is 602 g/mol. The molecule has 0 amide bonds. The van der Waals surface area contributed by atoms with E-state index in [9.17, 15) is 14.4 Å². The largest absolute Gasteiger partial charge is 0.462 e. The molecule has 0 aliphatic carbocycles. The Kier molecular flexibility index (Phi) is 26.9. The molecule has 0 aromatic rings. The van der Waals surface area contributed by atoms with Gasteiger partial charge in [0.05, 0.1) is 13.2 Å². The van der Waals surface area contributed by atoms with Gasteiger partial charge in [-0.05, 0) is 86.9 Å². The fourth-order valence-electron chi connectivity index (χ4n) is 5.40. The first-order chi connectivity index (χ1) is 22.8. The molecule has 0 fully saturated rings. The van der Waals surface area contributed by atoms with Crippen LogP contribution in [0.3, 0.4) is 0 Å². The number of ether oxygens (including phenoxy) is 3. The summed E-state index contributed by atoms with van der Waals surface area (Å²) in [5.41, 5.74) is -0.950. The van der Waals surface area contributed by atoms with E-state index in [1.54, 1.807) is 0 Å². The third kappa shape index (κ3) is 29.6. The SMILES string of the molecule is CCCCCCCCCOC(=O)C#CC(C)(C)CCCC(CC(C)(C)C#CC(=O)OCCCCCCCCC)OC(=O)CCCN(C)C. The Balaban J connectivity index is 4.95. The minimum absolute atomic E-state index is 0.220. The van der Waals surface area contributed by atoms with E-state index in [0.717, 1.165) is 51.5 Å². The maximum atomic E-state index is 12.7. The zero-order valence-corrected chi connectivity index (χ0v) is 32.2. The first kappa shape index (κ1) is 45.5. The van der Waals surface area contributed by atoms with Gasteiger partial charge in [0, 0.05) is 35.5 Å². The van der Waals surface area contributed by atoms with Crippen molar-refractivity contribution in [1.82, 2.24) is 4.90 Å². The van der Waals surface area contributed by atoms with Gasteiger partial charge >= 0.3 is 17.9 Å². The molecule has 0 aromatic carbocycles. The molecule has 7 heteroatoms. The monoisotopic (exact) mass is 674 g/mol. The highest BCUT2D eigenvalue weighted by atomic mass is 16.5. The average Bonchev–Trinajstić information content (AvgIpc) is 3.01. The summed E-state index contributed by atoms with van der Waals surface area (Å²) < 4.78 is 16.6. The van der Waals surface area contributed by atoms with Crippen molar-refractivity contribution in [2.75, 3.05) is 33.9 Å². The Labute approximate surface area is 295 Å². The second-order valence-corrected chi connectivity index (χ2v) is 14.9. The van der Waals surface area contributed by atoms with Gasteiger partial charge in [-0.25, -0.2) is 9.59 Å². The molecule has 0 rings (SSSR count). The van der Waals surface area contributed by atoms with E-state index in [4.69, 9.17) is 14.2 Å². The Hall–Kier alpha value is -2.51. The highest BCUT2D eigenvalue weighted by Gasteiger charge is 2.26. The number of nitrogens with zero attached hydrogens (tertiary/aromatic N) is 1. The van der Waals surface area contributed by atoms with E-state index < -0.39 is 22.8 Å². The van der Waals surface area contributed by atoms with Crippen LogP contribution >= 0.6 is 0 Å². The molecule has 0 saturated heterocycles. The highest BCUT2D eigenvalue weighted by molar-refractivity contribution is 5.88. The molecule has 7 nitrogen and oxygen atoms in total. The van der Waals surface area contributed by atoms with Crippen LogP contribution in [0.1, 0.15) is 170 Å². The Morgan fingerprint density at radius 3 is 1.56 bits per heavy atom. The van der Waals surface area contributed by atoms with Crippen molar-refractivity contribution in [2.45, 2.75) is 176 Å². The van der Waals surface area contributed by atoms with Gasteiger partial charge in [0.15, 0.2) is 0 Å². The second kappa shape index (κ2) is 28.3. The van der Waals surface area contributed by atoms with E-state index >= 15 is 0 Å². The predicted octanol–water partition coefficient (Wildman–Crippen LogP) is 9.45. The van der Waals surface area contributed by atoms with Gasteiger partial charge in [-0.15, -0.1) is 0 Å². The molecular formula is C41H71NO6. The van der Waals surface area contributed by atoms with Crippen LogP contribution in [0.25, 0.3) is 0 Å². The summed E-state index contributed by atoms with van der Waals surface area (Å²) >= 11 is 0. The van der Waals surface area contributed by atoms with Crippen molar-refractivity contribution >= 4 is 17.9 Å². The van der Waals surface area contributed by atoms with Crippen LogP contribution in [0.15, 0.2) is 0 Å². The van der Waals surface area contributed by atoms with Gasteiger partial charge in [-0.1, -0.05) is 103 Å². The summed E-state index contributed by atoms with van der Waals surface area (Å²) in [5, 5.41) is 0. The number of esters is 3. The lowest BCUT2D eigenvalue weighted by Gasteiger charge is -2.26. The van der Waals surface area contributed by atoms with Crippen molar-refractivity contribution in [3.05, 3.63) is 0 Å². The third-order valence-corrected chi connectivity index (χ3v) is 8.32. The standard InChI is InChI=1S/C41H71NO6/c1-9-11-13-15-17-19-21-33-46-37(43)27-30-40(3,4)29-23-25-36(48-39(45)26-24-32-42(7)8)35-41(5,6)31-28-38(44)47-34-22-20-18-16-14-12-10-2/h36H,9-26,29,32-35H2,1-8H3. The van der Waals surface area contributed by atoms with Gasteiger partial charge in [0.2, 0.25) is 0 Å². The summed E-state index contributed by atoms with van der Waals surface area (Å²) in [6, 6.07) is 0. The van der Waals surface area contributed by atoms with E-state index in [1.807, 2.05) is 46.7 Å². The Bertz CT molecular complexity index is 994. The van der Waals surface area contributed by atoms with Crippen molar-refractivity contribution < 1.29 is 28.6 Å². The van der Waals surface area contributed by atoms with Crippen LogP contribution in [0.5, 0.6) is 0 Å². The molecule has 0 spiro atoms. The van der Waals surface area contributed by atoms with Gasteiger partial charge < -0.3 is 19.1 Å². The molecule has 0 saturated carbocycles. The van der Waals surface area contributed by atoms with Gasteiger partial charge in [0.1, 0.15) is 6.10 Å². The van der Waals surface area contributed by atoms with Gasteiger partial charge in [0.25, 0.3) is 0 Å². The first-order valence-corrected chi connectivity index (χ1v) is 19.0. The number of hydrogen-bond donors (Lipinski definition) is 0. The molecule has 1 atom stereocenters. The lowest BCUT2D eigenvalue weighted by molar-refractivity contribution is -0.151. The van der Waals surface area contributed by atoms with Crippen LogP contribution in [0.4, 0.5) is 0 Å². The average molecular weight is 674 g/mol. The fourth-order valence-corrected chi connectivity index (χ4v) is 5.40. The van der Waals surface area contributed by atoms with E-state index in [2.05, 4.69) is 37.5 Å². The number of rotatable bonds is 27. The number of unbranched alkanes of at least 4 members (excludes halogenated alkanes) is 12. The van der Waals surface area contributed by atoms with E-state index in [1.165, 1.54) is 64.2 Å². The number of carbonyl (C=O) groups excluding carboxylic acids is 3. The molecule has 1 unspecified atom stereocenters. The molecule has 48 heavy (non-hydrogen) atoms. The Morgan fingerprint density at radius 2 is 1.08 bits per heavy atom. The van der Waals surface area contributed by atoms with Gasteiger partial charge in [-0.3, -0.25) is 4.79 Å². The van der Waals surface area contributed by atoms with Crippen LogP contribution in [-0.4, -0.2) is 62.8 Å². The molecule has 0 bridgehead atoms. The van der Waals surface area contributed by atoms with Crippen LogP contribution in [0, 0.1) is 34.5 Å². The lowest BCUT2D eigenvalue weighted by Crippen LogP contribution is -2.26. The first-order valence-electron chi connectivity index (χ1n) is 19.0. The minimum atomic E-state index is -0.554. The molecule has 0 heterocycles. The highest BCUT2D eigenvalue weighted by Crippen LogP contribution is 2.29. The zero-order chi connectivity index (χ0) is 36.1. The zero-order valence-electron chi connectivity index (χ0n) is 32.2. The maximum Gasteiger partial charge on any atom is 0.384 e. The summed E-state index contributed by atoms with van der Waals surface area (Å²) in [4.78, 5) is 39.3. The van der Waals surface area contributed by atoms with Crippen LogP contribution in [0.2, 0.25) is 0 Å². The quantitative estimate of drug-likeness (QED) is 0.0282. The Morgan fingerprint density at radius 1 is 0.625 bits per heavy atom. The molecule has 0 aliphatic heterocycles. The minimum Gasteiger partial charge on any atom is -0.462 e. The van der Waals surface area contributed by atoms with E-state index in [-0.39, 0.29) is 12.1 Å². The second-order valence-electron chi connectivity index (χ2n) is 14.9. The smallest absolute Gasteiger partial charge is 0.384 e. The predicted molar refractivity (Wildman–Crippen MR) is 197 cm³/mol. The summed E-state index contributed by atoms with van der Waals surface area (Å²) in [7, 11) is 3.96. The van der Waals surface area contributed by atoms with Crippen LogP contribution < -0.4 is 0 Å². The lowest BCUT2D eigenvalue weighted by atomic mass is 9.83. The molecule has 0 aliphatic rings. The molecule has 276 valence electrons. The summed E-state index contributed by atoms with van der Waals surface area (Å²) in [6.45, 7) is 14.0. The molecule has 0 N–H and O–H groups in total. The number of carbonyl (C=O) groups is 3. The topological polar surface area (TPSA) is 82.1 Å². The van der Waals surface area contributed by atoms with Crippen LogP contribution in [-0.2, 0) is 28.6 Å². The maximum absolute atomic E-state index is 12.7. The van der Waals surface area contributed by atoms with Crippen molar-refractivity contribution in [2.24, 2.45) is 10.8 Å². The molecule has 0 aromatic heterocycles. The fraction of sp³-hybridized carbons (Fsp3) is 0.829. The van der Waals surface area contributed by atoms with Gasteiger partial charge in [-0.2, -0.15) is 0 Å². The van der Waals surface area contributed by atoms with Crippen molar-refractivity contribution in [3.8, 4) is 23.7 Å². The summed E-state index contributed by atoms with van der Waals surface area (Å²) in [5.74, 6) is 10.3. The summed E-state index contributed by atoms with van der Waals surface area (Å²) in [6.07, 6.45) is 19.6. The number of hydrogen-bond acceptors (Lipinski definition) is 7. The van der Waals surface area contributed by atoms with E-state index in [0.29, 0.717) is 32.5 Å². The molecule has 0 radical (unpaired) electrons. The van der Waals surface area contributed by atoms with Crippen molar-refractivity contribution in [1.29, 1.82) is 0 Å².